The molecule has 2 fully saturated rings. The van der Waals surface area contributed by atoms with Gasteiger partial charge in [-0.25, -0.2) is 9.78 Å². The molecule has 0 unspecified atom stereocenters. The predicted molar refractivity (Wildman–Crippen MR) is 134 cm³/mol. The average Bonchev–Trinajstić information content (AvgIpc) is 3.34. The molecule has 1 saturated heterocycles. The third kappa shape index (κ3) is 6.07. The number of amides is 4. The number of aryl methyl sites for hydroxylation is 1. The molecule has 2 aromatic rings. The van der Waals surface area contributed by atoms with Crippen molar-refractivity contribution in [1.82, 2.24) is 14.8 Å². The van der Waals surface area contributed by atoms with Crippen molar-refractivity contribution < 1.29 is 14.4 Å². The van der Waals surface area contributed by atoms with E-state index in [2.05, 4.69) is 15.6 Å². The fourth-order valence-corrected chi connectivity index (χ4v) is 5.36. The Morgan fingerprint density at radius 1 is 1.21 bits per heavy atom. The number of urea groups is 1. The van der Waals surface area contributed by atoms with Crippen molar-refractivity contribution in [2.45, 2.75) is 51.5 Å². The molecule has 2 N–H and O–H groups in total. The SMILES string of the molecule is Cc1ccc(NC(=O)N2CCN([C@@H](CC3CCCCC3)C(=O)Nc3nccs3)C(=O)C2)cc1Cl. The minimum absolute atomic E-state index is 0.0723. The van der Waals surface area contributed by atoms with Crippen molar-refractivity contribution >= 4 is 51.6 Å². The first-order valence-electron chi connectivity index (χ1n) is 11.7. The fraction of sp³-hybridized carbons (Fsp3) is 0.500. The zero-order valence-corrected chi connectivity index (χ0v) is 20.8. The van der Waals surface area contributed by atoms with Crippen LogP contribution in [0.2, 0.25) is 5.02 Å². The van der Waals surface area contributed by atoms with Crippen molar-refractivity contribution in [3.05, 3.63) is 40.4 Å². The van der Waals surface area contributed by atoms with Gasteiger partial charge in [0.05, 0.1) is 0 Å². The molecular formula is C24H30ClN5O3S. The molecule has 0 bridgehead atoms. The van der Waals surface area contributed by atoms with Crippen molar-refractivity contribution in [2.75, 3.05) is 30.3 Å². The first kappa shape index (κ1) is 24.5. The van der Waals surface area contributed by atoms with Gasteiger partial charge in [0.25, 0.3) is 0 Å². The Kier molecular flexibility index (Phi) is 8.05. The highest BCUT2D eigenvalue weighted by Crippen LogP contribution is 2.30. The summed E-state index contributed by atoms with van der Waals surface area (Å²) in [4.78, 5) is 46.4. The van der Waals surface area contributed by atoms with Crippen LogP contribution in [0.25, 0.3) is 0 Å². The molecule has 4 rings (SSSR count). The number of hydrogen-bond acceptors (Lipinski definition) is 5. The van der Waals surface area contributed by atoms with E-state index >= 15 is 0 Å². The van der Waals surface area contributed by atoms with E-state index in [-0.39, 0.29) is 24.4 Å². The standard InChI is InChI=1S/C24H30ClN5O3S/c1-16-7-8-18(14-19(16)25)27-24(33)29-10-11-30(21(31)15-29)20(13-17-5-3-2-4-6-17)22(32)28-23-26-9-12-34-23/h7-9,12,14,17,20H,2-6,10-11,13,15H2,1H3,(H,27,33)(H,26,28,32)/t20-/m0/s1. The van der Waals surface area contributed by atoms with Crippen molar-refractivity contribution in [1.29, 1.82) is 0 Å². The molecule has 4 amide bonds. The summed E-state index contributed by atoms with van der Waals surface area (Å²) in [7, 11) is 0. The van der Waals surface area contributed by atoms with E-state index in [9.17, 15) is 14.4 Å². The maximum Gasteiger partial charge on any atom is 0.322 e. The Balaban J connectivity index is 1.41. The Hall–Kier alpha value is -2.65. The van der Waals surface area contributed by atoms with Gasteiger partial charge >= 0.3 is 6.03 Å². The molecule has 1 aromatic carbocycles. The first-order chi connectivity index (χ1) is 16.4. The Morgan fingerprint density at radius 2 is 2.00 bits per heavy atom. The molecule has 1 aliphatic heterocycles. The highest BCUT2D eigenvalue weighted by atomic mass is 35.5. The van der Waals surface area contributed by atoms with E-state index in [1.807, 2.05) is 13.0 Å². The highest BCUT2D eigenvalue weighted by molar-refractivity contribution is 7.13. The number of rotatable bonds is 6. The van der Waals surface area contributed by atoms with Gasteiger partial charge in [0.2, 0.25) is 11.8 Å². The summed E-state index contributed by atoms with van der Waals surface area (Å²) >= 11 is 7.51. The molecular weight excluding hydrogens is 474 g/mol. The third-order valence-electron chi connectivity index (χ3n) is 6.59. The van der Waals surface area contributed by atoms with Crippen molar-refractivity contribution in [3.63, 3.8) is 0 Å². The fourth-order valence-electron chi connectivity index (χ4n) is 4.65. The molecule has 2 heterocycles. The van der Waals surface area contributed by atoms with Gasteiger partial charge in [-0.05, 0) is 37.0 Å². The minimum atomic E-state index is -0.569. The summed E-state index contributed by atoms with van der Waals surface area (Å²) in [6.07, 6.45) is 7.99. The molecule has 0 radical (unpaired) electrons. The summed E-state index contributed by atoms with van der Waals surface area (Å²) in [6.45, 7) is 2.48. The number of aromatic nitrogens is 1. The molecule has 2 aliphatic rings. The van der Waals surface area contributed by atoms with E-state index < -0.39 is 6.04 Å². The number of benzene rings is 1. The molecule has 0 spiro atoms. The topological polar surface area (TPSA) is 94.6 Å². The number of hydrogen-bond donors (Lipinski definition) is 2. The molecule has 1 saturated carbocycles. The lowest BCUT2D eigenvalue weighted by Gasteiger charge is -2.39. The third-order valence-corrected chi connectivity index (χ3v) is 7.69. The van der Waals surface area contributed by atoms with Crippen LogP contribution in [0.1, 0.15) is 44.1 Å². The van der Waals surface area contributed by atoms with Crippen LogP contribution in [0.4, 0.5) is 15.6 Å². The second-order valence-electron chi connectivity index (χ2n) is 8.98. The zero-order chi connectivity index (χ0) is 24.1. The quantitative estimate of drug-likeness (QED) is 0.594. The summed E-state index contributed by atoms with van der Waals surface area (Å²) < 4.78 is 0. The van der Waals surface area contributed by atoms with Gasteiger partial charge in [0.1, 0.15) is 12.6 Å². The van der Waals surface area contributed by atoms with Crippen LogP contribution < -0.4 is 10.6 Å². The van der Waals surface area contributed by atoms with Crippen LogP contribution in [0.3, 0.4) is 0 Å². The van der Waals surface area contributed by atoms with Crippen LogP contribution in [-0.4, -0.2) is 58.3 Å². The predicted octanol–water partition coefficient (Wildman–Crippen LogP) is 4.76. The van der Waals surface area contributed by atoms with Crippen molar-refractivity contribution in [2.24, 2.45) is 5.92 Å². The number of thiazole rings is 1. The lowest BCUT2D eigenvalue weighted by molar-refractivity contribution is -0.142. The Bertz CT molecular complexity index is 1030. The summed E-state index contributed by atoms with van der Waals surface area (Å²) in [5, 5.41) is 8.58. The van der Waals surface area contributed by atoms with Crippen LogP contribution in [0.5, 0.6) is 0 Å². The van der Waals surface area contributed by atoms with Gasteiger partial charge in [-0.2, -0.15) is 0 Å². The average molecular weight is 504 g/mol. The monoisotopic (exact) mass is 503 g/mol. The molecule has 182 valence electrons. The minimum Gasteiger partial charge on any atom is -0.327 e. The van der Waals surface area contributed by atoms with Crippen LogP contribution >= 0.6 is 22.9 Å². The van der Waals surface area contributed by atoms with Gasteiger partial charge in [-0.1, -0.05) is 49.8 Å². The van der Waals surface area contributed by atoms with E-state index in [1.54, 1.807) is 28.6 Å². The zero-order valence-electron chi connectivity index (χ0n) is 19.3. The number of halogens is 1. The molecule has 1 aliphatic carbocycles. The number of piperazine rings is 1. The lowest BCUT2D eigenvalue weighted by atomic mass is 9.84. The second kappa shape index (κ2) is 11.2. The lowest BCUT2D eigenvalue weighted by Crippen LogP contribution is -2.59. The van der Waals surface area contributed by atoms with E-state index in [4.69, 9.17) is 11.6 Å². The van der Waals surface area contributed by atoms with Gasteiger partial charge in [0.15, 0.2) is 5.13 Å². The van der Waals surface area contributed by atoms with E-state index in [1.165, 1.54) is 22.7 Å². The number of carbonyl (C=O) groups is 3. The summed E-state index contributed by atoms with van der Waals surface area (Å²) in [6, 6.07) is 4.37. The first-order valence-corrected chi connectivity index (χ1v) is 13.0. The normalized spacial score (nSPS) is 18.0. The van der Waals surface area contributed by atoms with Gasteiger partial charge in [-0.15, -0.1) is 11.3 Å². The van der Waals surface area contributed by atoms with Gasteiger partial charge < -0.3 is 20.4 Å². The summed E-state index contributed by atoms with van der Waals surface area (Å²) in [5.41, 5.74) is 1.50. The Labute approximate surface area is 208 Å². The number of anilines is 2. The highest BCUT2D eigenvalue weighted by Gasteiger charge is 2.37. The Morgan fingerprint density at radius 3 is 2.68 bits per heavy atom. The summed E-state index contributed by atoms with van der Waals surface area (Å²) in [5.74, 6) is -0.0132. The maximum absolute atomic E-state index is 13.2. The maximum atomic E-state index is 13.2. The van der Waals surface area contributed by atoms with E-state index in [0.29, 0.717) is 41.3 Å². The van der Waals surface area contributed by atoms with Crippen LogP contribution in [0, 0.1) is 12.8 Å². The number of nitrogens with zero attached hydrogens (tertiary/aromatic N) is 3. The number of carbonyl (C=O) groups excluding carboxylic acids is 3. The smallest absolute Gasteiger partial charge is 0.322 e. The molecule has 1 atom stereocenters. The molecule has 8 nitrogen and oxygen atoms in total. The van der Waals surface area contributed by atoms with Crippen molar-refractivity contribution in [3.8, 4) is 0 Å². The molecule has 34 heavy (non-hydrogen) atoms. The van der Waals surface area contributed by atoms with Crippen LogP contribution in [0.15, 0.2) is 29.8 Å². The second-order valence-corrected chi connectivity index (χ2v) is 10.3. The molecule has 1 aromatic heterocycles. The van der Waals surface area contributed by atoms with E-state index in [0.717, 1.165) is 31.2 Å². The largest absolute Gasteiger partial charge is 0.327 e. The van der Waals surface area contributed by atoms with Crippen LogP contribution in [-0.2, 0) is 9.59 Å². The van der Waals surface area contributed by atoms with Gasteiger partial charge in [0, 0.05) is 35.4 Å². The van der Waals surface area contributed by atoms with Gasteiger partial charge in [-0.3, -0.25) is 9.59 Å². The number of nitrogens with one attached hydrogen (secondary N) is 2. The molecule has 10 heteroatoms.